The van der Waals surface area contributed by atoms with E-state index in [1.165, 1.54) is 11.8 Å². The second-order valence-electron chi connectivity index (χ2n) is 6.72. The second-order valence-corrected chi connectivity index (χ2v) is 6.72. The molecule has 1 saturated heterocycles. The van der Waals surface area contributed by atoms with Gasteiger partial charge in [-0.15, -0.1) is 0 Å². The Morgan fingerprint density at radius 1 is 1.03 bits per heavy atom. The SMILES string of the molecule is COc1cc(OC)c(OC)cc1/C=N/NC(=O)C1CC(c2ccc(C)cc2)NN1. The van der Waals surface area contributed by atoms with E-state index in [-0.39, 0.29) is 18.0 Å². The lowest BCUT2D eigenvalue weighted by Gasteiger charge is -2.12. The van der Waals surface area contributed by atoms with Crippen LogP contribution in [0.5, 0.6) is 17.2 Å². The molecule has 1 aliphatic heterocycles. The molecule has 0 radical (unpaired) electrons. The molecular weight excluding hydrogens is 372 g/mol. The average molecular weight is 398 g/mol. The number of methoxy groups -OCH3 is 3. The van der Waals surface area contributed by atoms with Gasteiger partial charge in [0, 0.05) is 17.7 Å². The minimum atomic E-state index is -0.384. The highest BCUT2D eigenvalue weighted by Gasteiger charge is 2.29. The summed E-state index contributed by atoms with van der Waals surface area (Å²) in [6.07, 6.45) is 2.14. The van der Waals surface area contributed by atoms with Crippen molar-refractivity contribution >= 4 is 12.1 Å². The lowest BCUT2D eigenvalue weighted by molar-refractivity contribution is -0.122. The summed E-state index contributed by atoms with van der Waals surface area (Å²) in [6, 6.07) is 11.4. The summed E-state index contributed by atoms with van der Waals surface area (Å²) in [5.41, 5.74) is 11.8. The Kier molecular flexibility index (Phi) is 6.69. The molecule has 154 valence electrons. The predicted octanol–water partition coefficient (Wildman–Crippen LogP) is 2.08. The molecule has 8 nitrogen and oxygen atoms in total. The zero-order chi connectivity index (χ0) is 20.8. The molecule has 1 aliphatic rings. The van der Waals surface area contributed by atoms with Crippen molar-refractivity contribution in [1.82, 2.24) is 16.3 Å². The van der Waals surface area contributed by atoms with Gasteiger partial charge in [-0.3, -0.25) is 4.79 Å². The van der Waals surface area contributed by atoms with E-state index < -0.39 is 0 Å². The topological polar surface area (TPSA) is 93.2 Å². The number of carbonyl (C=O) groups is 1. The molecule has 0 saturated carbocycles. The first-order valence-corrected chi connectivity index (χ1v) is 9.26. The molecule has 0 spiro atoms. The molecule has 2 aromatic rings. The summed E-state index contributed by atoms with van der Waals surface area (Å²) in [5, 5.41) is 4.07. The van der Waals surface area contributed by atoms with Crippen LogP contribution in [0.15, 0.2) is 41.5 Å². The third-order valence-electron chi connectivity index (χ3n) is 4.81. The minimum absolute atomic E-state index is 0.0706. The molecule has 3 rings (SSSR count). The van der Waals surface area contributed by atoms with Gasteiger partial charge < -0.3 is 14.2 Å². The smallest absolute Gasteiger partial charge is 0.258 e. The van der Waals surface area contributed by atoms with Gasteiger partial charge in [0.2, 0.25) is 0 Å². The standard InChI is InChI=1S/C21H26N4O4/c1-13-5-7-14(8-6-13)16-10-17(24-23-16)21(26)25-22-12-15-9-19(28-3)20(29-4)11-18(15)27-2/h5-9,11-12,16-17,23-24H,10H2,1-4H3,(H,25,26)/b22-12+. The van der Waals surface area contributed by atoms with E-state index in [1.54, 1.807) is 33.5 Å². The molecule has 8 heteroatoms. The zero-order valence-electron chi connectivity index (χ0n) is 17.0. The number of hydrazone groups is 1. The Hall–Kier alpha value is -3.10. The summed E-state index contributed by atoms with van der Waals surface area (Å²) >= 11 is 0. The summed E-state index contributed by atoms with van der Waals surface area (Å²) in [4.78, 5) is 12.4. The number of carbonyl (C=O) groups excluding carboxylic acids is 1. The van der Waals surface area contributed by atoms with Crippen molar-refractivity contribution in [2.45, 2.75) is 25.4 Å². The van der Waals surface area contributed by atoms with Crippen molar-refractivity contribution in [2.75, 3.05) is 21.3 Å². The maximum absolute atomic E-state index is 12.4. The molecule has 3 N–H and O–H groups in total. The average Bonchev–Trinajstić information content (AvgIpc) is 3.24. The number of hydrazine groups is 1. The third-order valence-corrected chi connectivity index (χ3v) is 4.81. The highest BCUT2D eigenvalue weighted by atomic mass is 16.5. The van der Waals surface area contributed by atoms with Crippen molar-refractivity contribution in [3.63, 3.8) is 0 Å². The van der Waals surface area contributed by atoms with Crippen molar-refractivity contribution in [3.8, 4) is 17.2 Å². The first-order valence-electron chi connectivity index (χ1n) is 9.26. The van der Waals surface area contributed by atoms with Gasteiger partial charge in [0.25, 0.3) is 5.91 Å². The van der Waals surface area contributed by atoms with Crippen LogP contribution < -0.4 is 30.5 Å². The molecule has 2 aromatic carbocycles. The number of amides is 1. The van der Waals surface area contributed by atoms with Crippen LogP contribution in [0, 0.1) is 6.92 Å². The van der Waals surface area contributed by atoms with Gasteiger partial charge in [-0.25, -0.2) is 16.3 Å². The summed E-state index contributed by atoms with van der Waals surface area (Å²) in [5.74, 6) is 1.43. The van der Waals surface area contributed by atoms with Crippen LogP contribution in [0.25, 0.3) is 0 Å². The van der Waals surface area contributed by atoms with E-state index in [9.17, 15) is 4.79 Å². The molecule has 2 unspecified atom stereocenters. The van der Waals surface area contributed by atoms with E-state index in [1.807, 2.05) is 6.92 Å². The summed E-state index contributed by atoms with van der Waals surface area (Å²) < 4.78 is 15.9. The number of nitrogens with zero attached hydrogens (tertiary/aromatic N) is 1. The predicted molar refractivity (Wildman–Crippen MR) is 110 cm³/mol. The van der Waals surface area contributed by atoms with Crippen LogP contribution in [0.4, 0.5) is 0 Å². The van der Waals surface area contributed by atoms with E-state index in [0.717, 1.165) is 5.56 Å². The molecule has 2 atom stereocenters. The molecule has 1 amide bonds. The lowest BCUT2D eigenvalue weighted by atomic mass is 10.0. The van der Waals surface area contributed by atoms with Gasteiger partial charge in [0.15, 0.2) is 11.5 Å². The van der Waals surface area contributed by atoms with Crippen molar-refractivity contribution in [2.24, 2.45) is 5.10 Å². The first-order chi connectivity index (χ1) is 14.0. The number of hydrogen-bond donors (Lipinski definition) is 3. The van der Waals surface area contributed by atoms with Crippen molar-refractivity contribution in [3.05, 3.63) is 53.1 Å². The van der Waals surface area contributed by atoms with Crippen LogP contribution >= 0.6 is 0 Å². The number of aryl methyl sites for hydroxylation is 1. The monoisotopic (exact) mass is 398 g/mol. The number of rotatable bonds is 7. The normalized spacial score (nSPS) is 18.6. The maximum Gasteiger partial charge on any atom is 0.258 e. The summed E-state index contributed by atoms with van der Waals surface area (Å²) in [6.45, 7) is 2.05. The van der Waals surface area contributed by atoms with Crippen LogP contribution in [0.3, 0.4) is 0 Å². The van der Waals surface area contributed by atoms with Gasteiger partial charge in [-0.1, -0.05) is 29.8 Å². The largest absolute Gasteiger partial charge is 0.496 e. The number of benzene rings is 2. The van der Waals surface area contributed by atoms with Crippen LogP contribution in [-0.4, -0.2) is 39.5 Å². The fraction of sp³-hybridized carbons (Fsp3) is 0.333. The van der Waals surface area contributed by atoms with E-state index in [4.69, 9.17) is 14.2 Å². The highest BCUT2D eigenvalue weighted by Crippen LogP contribution is 2.33. The van der Waals surface area contributed by atoms with Crippen LogP contribution in [-0.2, 0) is 4.79 Å². The Balaban J connectivity index is 1.62. The van der Waals surface area contributed by atoms with Gasteiger partial charge >= 0.3 is 0 Å². The van der Waals surface area contributed by atoms with Gasteiger partial charge in [0.1, 0.15) is 11.8 Å². The van der Waals surface area contributed by atoms with E-state index in [2.05, 4.69) is 45.6 Å². The molecule has 29 heavy (non-hydrogen) atoms. The molecule has 1 fully saturated rings. The van der Waals surface area contributed by atoms with Crippen LogP contribution in [0.2, 0.25) is 0 Å². The Morgan fingerprint density at radius 3 is 2.34 bits per heavy atom. The molecule has 0 bridgehead atoms. The lowest BCUT2D eigenvalue weighted by Crippen LogP contribution is -2.41. The molecule has 0 aromatic heterocycles. The van der Waals surface area contributed by atoms with Crippen LogP contribution in [0.1, 0.15) is 29.2 Å². The van der Waals surface area contributed by atoms with Gasteiger partial charge in [-0.2, -0.15) is 5.10 Å². The zero-order valence-corrected chi connectivity index (χ0v) is 17.0. The highest BCUT2D eigenvalue weighted by molar-refractivity contribution is 5.87. The molecule has 1 heterocycles. The molecular formula is C21H26N4O4. The van der Waals surface area contributed by atoms with Gasteiger partial charge in [-0.05, 0) is 25.0 Å². The van der Waals surface area contributed by atoms with Gasteiger partial charge in [0.05, 0.1) is 27.5 Å². The maximum atomic E-state index is 12.4. The Bertz CT molecular complexity index is 883. The van der Waals surface area contributed by atoms with E-state index >= 15 is 0 Å². The first kappa shape index (κ1) is 20.6. The number of hydrogen-bond acceptors (Lipinski definition) is 7. The molecule has 0 aliphatic carbocycles. The third kappa shape index (κ3) is 4.85. The minimum Gasteiger partial charge on any atom is -0.496 e. The fourth-order valence-electron chi connectivity index (χ4n) is 3.14. The number of nitrogens with one attached hydrogen (secondary N) is 3. The Morgan fingerprint density at radius 2 is 1.69 bits per heavy atom. The fourth-order valence-corrected chi connectivity index (χ4v) is 3.14. The van der Waals surface area contributed by atoms with Crippen molar-refractivity contribution in [1.29, 1.82) is 0 Å². The van der Waals surface area contributed by atoms with Crippen molar-refractivity contribution < 1.29 is 19.0 Å². The number of ether oxygens (including phenoxy) is 3. The summed E-state index contributed by atoms with van der Waals surface area (Å²) in [7, 11) is 4.66. The second kappa shape index (κ2) is 9.40. The Labute approximate surface area is 170 Å². The van der Waals surface area contributed by atoms with E-state index in [0.29, 0.717) is 29.2 Å². The quantitative estimate of drug-likeness (QED) is 0.488.